The summed E-state index contributed by atoms with van der Waals surface area (Å²) in [5.74, 6) is 1.08. The first-order chi connectivity index (χ1) is 13.0. The van der Waals surface area contributed by atoms with E-state index in [2.05, 4.69) is 20.8 Å². The molecule has 1 aromatic rings. The van der Waals surface area contributed by atoms with E-state index >= 15 is 0 Å². The molecule has 1 atom stereocenters. The molecule has 1 fully saturated rings. The van der Waals surface area contributed by atoms with Crippen LogP contribution in [0.5, 0.6) is 0 Å². The highest BCUT2D eigenvalue weighted by molar-refractivity contribution is 5.84. The van der Waals surface area contributed by atoms with Crippen LogP contribution in [0, 0.1) is 5.92 Å². The molecule has 152 valence electrons. The van der Waals surface area contributed by atoms with Gasteiger partial charge in [0, 0.05) is 26.1 Å². The summed E-state index contributed by atoms with van der Waals surface area (Å²) in [7, 11) is 0. The largest absolute Gasteiger partial charge is 0.467 e. The van der Waals surface area contributed by atoms with Crippen molar-refractivity contribution in [1.82, 2.24) is 9.80 Å². The summed E-state index contributed by atoms with van der Waals surface area (Å²) >= 11 is 0. The second kappa shape index (κ2) is 11.1. The Balaban J connectivity index is 2.04. The van der Waals surface area contributed by atoms with Gasteiger partial charge in [0.1, 0.15) is 5.76 Å². The van der Waals surface area contributed by atoms with Crippen molar-refractivity contribution in [3.05, 3.63) is 24.2 Å². The quantitative estimate of drug-likeness (QED) is 0.591. The van der Waals surface area contributed by atoms with Crippen LogP contribution >= 0.6 is 0 Å². The van der Waals surface area contributed by atoms with Crippen LogP contribution in [0.15, 0.2) is 22.8 Å². The molecular formula is C21H34N2O4. The highest BCUT2D eigenvalue weighted by Gasteiger charge is 2.26. The molecule has 6 heteroatoms. The van der Waals surface area contributed by atoms with Crippen LogP contribution < -0.4 is 0 Å². The van der Waals surface area contributed by atoms with Gasteiger partial charge in [0.15, 0.2) is 0 Å². The minimum absolute atomic E-state index is 0.0487. The van der Waals surface area contributed by atoms with E-state index in [0.717, 1.165) is 38.1 Å². The second-order valence-corrected chi connectivity index (χ2v) is 7.76. The third-order valence-corrected chi connectivity index (χ3v) is 4.74. The Bertz CT molecular complexity index is 565. The molecule has 2 rings (SSSR count). The predicted molar refractivity (Wildman–Crippen MR) is 104 cm³/mol. The van der Waals surface area contributed by atoms with Gasteiger partial charge in [0.25, 0.3) is 0 Å². The zero-order valence-electron chi connectivity index (χ0n) is 17.0. The Morgan fingerprint density at radius 1 is 1.26 bits per heavy atom. The lowest BCUT2D eigenvalue weighted by atomic mass is 10.1. The van der Waals surface area contributed by atoms with Gasteiger partial charge in [-0.25, -0.2) is 0 Å². The summed E-state index contributed by atoms with van der Waals surface area (Å²) in [5, 5.41) is 0. The number of furan rings is 1. The first-order valence-corrected chi connectivity index (χ1v) is 10.2. The SMILES string of the molecule is CCCCC(=O)N(CC(=O)N(Cc1ccco1)CC1CCCO1)CC(C)C. The molecule has 2 heterocycles. The average Bonchev–Trinajstić information content (AvgIpc) is 3.32. The Kier molecular flexibility index (Phi) is 8.85. The van der Waals surface area contributed by atoms with Crippen molar-refractivity contribution in [2.45, 2.75) is 65.5 Å². The lowest BCUT2D eigenvalue weighted by molar-refractivity contribution is -0.142. The molecule has 2 amide bonds. The molecule has 1 unspecified atom stereocenters. The summed E-state index contributed by atoms with van der Waals surface area (Å²) in [5.41, 5.74) is 0. The first kappa shape index (κ1) is 21.5. The van der Waals surface area contributed by atoms with Crippen LogP contribution in [-0.4, -0.2) is 54.0 Å². The molecule has 1 saturated heterocycles. The molecular weight excluding hydrogens is 344 g/mol. The summed E-state index contributed by atoms with van der Waals surface area (Å²) in [6, 6.07) is 3.69. The normalized spacial score (nSPS) is 16.7. The van der Waals surface area contributed by atoms with Crippen molar-refractivity contribution >= 4 is 11.8 Å². The van der Waals surface area contributed by atoms with Crippen molar-refractivity contribution in [3.63, 3.8) is 0 Å². The average molecular weight is 379 g/mol. The minimum atomic E-state index is -0.0487. The summed E-state index contributed by atoms with van der Waals surface area (Å²) in [4.78, 5) is 29.1. The van der Waals surface area contributed by atoms with E-state index in [0.29, 0.717) is 32.0 Å². The number of hydrogen-bond donors (Lipinski definition) is 0. The fourth-order valence-electron chi connectivity index (χ4n) is 3.32. The maximum Gasteiger partial charge on any atom is 0.242 e. The van der Waals surface area contributed by atoms with Crippen molar-refractivity contribution in [2.24, 2.45) is 5.92 Å². The Labute approximate surface area is 162 Å². The molecule has 6 nitrogen and oxygen atoms in total. The van der Waals surface area contributed by atoms with Gasteiger partial charge in [-0.05, 0) is 37.3 Å². The molecule has 1 aliphatic rings. The number of nitrogens with zero attached hydrogens (tertiary/aromatic N) is 2. The van der Waals surface area contributed by atoms with Crippen molar-refractivity contribution in [2.75, 3.05) is 26.2 Å². The van der Waals surface area contributed by atoms with Crippen LogP contribution in [0.2, 0.25) is 0 Å². The Morgan fingerprint density at radius 2 is 2.07 bits per heavy atom. The fraction of sp³-hybridized carbons (Fsp3) is 0.714. The van der Waals surface area contributed by atoms with Gasteiger partial charge in [-0.3, -0.25) is 9.59 Å². The monoisotopic (exact) mass is 378 g/mol. The second-order valence-electron chi connectivity index (χ2n) is 7.76. The van der Waals surface area contributed by atoms with Crippen LogP contribution in [0.1, 0.15) is 58.6 Å². The number of hydrogen-bond acceptors (Lipinski definition) is 4. The predicted octanol–water partition coefficient (Wildman–Crippen LogP) is 3.46. The zero-order valence-corrected chi connectivity index (χ0v) is 17.0. The number of rotatable bonds is 11. The standard InChI is InChI=1S/C21H34N2O4/c1-4-5-10-20(24)22(13-17(2)3)16-21(25)23(14-18-8-6-11-26-18)15-19-9-7-12-27-19/h6,8,11,17,19H,4-5,7,9-10,12-16H2,1-3H3. The molecule has 0 N–H and O–H groups in total. The minimum Gasteiger partial charge on any atom is -0.467 e. The maximum atomic E-state index is 13.1. The zero-order chi connectivity index (χ0) is 19.6. The molecule has 0 saturated carbocycles. The number of carbonyl (C=O) groups is 2. The van der Waals surface area contributed by atoms with E-state index in [9.17, 15) is 9.59 Å². The van der Waals surface area contributed by atoms with E-state index in [1.54, 1.807) is 16.1 Å². The molecule has 0 radical (unpaired) electrons. The number of carbonyl (C=O) groups excluding carboxylic acids is 2. The lowest BCUT2D eigenvalue weighted by Gasteiger charge is -2.29. The highest BCUT2D eigenvalue weighted by atomic mass is 16.5. The molecule has 1 aliphatic heterocycles. The summed E-state index contributed by atoms with van der Waals surface area (Å²) < 4.78 is 11.2. The van der Waals surface area contributed by atoms with Gasteiger partial charge in [-0.1, -0.05) is 27.2 Å². The summed E-state index contributed by atoms with van der Waals surface area (Å²) in [6.07, 6.45) is 6.00. The van der Waals surface area contributed by atoms with E-state index in [1.807, 2.05) is 12.1 Å². The smallest absolute Gasteiger partial charge is 0.242 e. The van der Waals surface area contributed by atoms with Crippen molar-refractivity contribution < 1.29 is 18.7 Å². The van der Waals surface area contributed by atoms with Gasteiger partial charge >= 0.3 is 0 Å². The molecule has 0 aromatic carbocycles. The van der Waals surface area contributed by atoms with Crippen LogP contribution in [0.25, 0.3) is 0 Å². The van der Waals surface area contributed by atoms with Crippen LogP contribution in [-0.2, 0) is 20.9 Å². The topological polar surface area (TPSA) is 63.0 Å². The third-order valence-electron chi connectivity index (χ3n) is 4.74. The number of ether oxygens (including phenoxy) is 1. The third kappa shape index (κ3) is 7.37. The Morgan fingerprint density at radius 3 is 2.67 bits per heavy atom. The van der Waals surface area contributed by atoms with Crippen LogP contribution in [0.4, 0.5) is 0 Å². The highest BCUT2D eigenvalue weighted by Crippen LogP contribution is 2.16. The molecule has 0 bridgehead atoms. The van der Waals surface area contributed by atoms with Gasteiger partial charge < -0.3 is 19.0 Å². The number of amides is 2. The maximum absolute atomic E-state index is 13.1. The molecule has 1 aromatic heterocycles. The fourth-order valence-corrected chi connectivity index (χ4v) is 3.32. The van der Waals surface area contributed by atoms with E-state index in [4.69, 9.17) is 9.15 Å². The summed E-state index contributed by atoms with van der Waals surface area (Å²) in [6.45, 7) is 8.62. The van der Waals surface area contributed by atoms with Gasteiger partial charge in [0.2, 0.25) is 11.8 Å². The van der Waals surface area contributed by atoms with Crippen LogP contribution in [0.3, 0.4) is 0 Å². The number of unbranched alkanes of at least 4 members (excludes halogenated alkanes) is 1. The molecule has 0 spiro atoms. The van der Waals surface area contributed by atoms with Gasteiger partial charge in [-0.15, -0.1) is 0 Å². The molecule has 0 aliphatic carbocycles. The van der Waals surface area contributed by atoms with E-state index < -0.39 is 0 Å². The van der Waals surface area contributed by atoms with Gasteiger partial charge in [0.05, 0.1) is 25.5 Å². The van der Waals surface area contributed by atoms with Crippen molar-refractivity contribution in [1.29, 1.82) is 0 Å². The molecule has 27 heavy (non-hydrogen) atoms. The Hall–Kier alpha value is -1.82. The lowest BCUT2D eigenvalue weighted by Crippen LogP contribution is -2.46. The van der Waals surface area contributed by atoms with Crippen molar-refractivity contribution in [3.8, 4) is 0 Å². The van der Waals surface area contributed by atoms with E-state index in [1.165, 1.54) is 0 Å². The van der Waals surface area contributed by atoms with E-state index in [-0.39, 0.29) is 24.5 Å². The van der Waals surface area contributed by atoms with Gasteiger partial charge in [-0.2, -0.15) is 0 Å². The first-order valence-electron chi connectivity index (χ1n) is 10.2.